The van der Waals surface area contributed by atoms with Gasteiger partial charge in [-0.15, -0.1) is 0 Å². The number of anilines is 1. The summed E-state index contributed by atoms with van der Waals surface area (Å²) in [5.74, 6) is 0.319. The summed E-state index contributed by atoms with van der Waals surface area (Å²) in [4.78, 5) is 24.6. The van der Waals surface area contributed by atoms with Crippen molar-refractivity contribution in [1.29, 1.82) is 0 Å². The van der Waals surface area contributed by atoms with Crippen molar-refractivity contribution in [2.24, 2.45) is 0 Å². The zero-order chi connectivity index (χ0) is 21.1. The minimum absolute atomic E-state index is 0.159. The number of nitrogens with zero attached hydrogens (tertiary/aromatic N) is 3. The predicted octanol–water partition coefficient (Wildman–Crippen LogP) is 1.00. The second-order valence-electron chi connectivity index (χ2n) is 7.16. The van der Waals surface area contributed by atoms with Gasteiger partial charge >= 0.3 is 0 Å². The lowest BCUT2D eigenvalue weighted by Gasteiger charge is -2.26. The number of carbonyl (C=O) groups is 2. The molecule has 11 heteroatoms. The number of carbonyl (C=O) groups excluding carboxylic acids is 2. The second-order valence-corrected chi connectivity index (χ2v) is 9.00. The fourth-order valence-electron chi connectivity index (χ4n) is 3.37. The molecule has 1 aromatic heterocycles. The first-order chi connectivity index (χ1) is 14.4. The van der Waals surface area contributed by atoms with Crippen molar-refractivity contribution >= 4 is 27.5 Å². The zero-order valence-corrected chi connectivity index (χ0v) is 17.0. The molecule has 2 aliphatic heterocycles. The molecule has 0 aliphatic carbocycles. The molecule has 10 nitrogen and oxygen atoms in total. The van der Waals surface area contributed by atoms with Gasteiger partial charge in [0, 0.05) is 25.6 Å². The molecule has 2 aromatic rings. The van der Waals surface area contributed by atoms with Gasteiger partial charge in [0.15, 0.2) is 17.6 Å². The molecule has 0 radical (unpaired) electrons. The summed E-state index contributed by atoms with van der Waals surface area (Å²) >= 11 is 0. The van der Waals surface area contributed by atoms with Crippen LogP contribution in [0.25, 0.3) is 0 Å². The monoisotopic (exact) mass is 434 g/mol. The van der Waals surface area contributed by atoms with E-state index in [1.807, 2.05) is 24.3 Å². The van der Waals surface area contributed by atoms with Crippen LogP contribution in [0.1, 0.15) is 19.3 Å². The third-order valence-electron chi connectivity index (χ3n) is 4.83. The van der Waals surface area contributed by atoms with Crippen molar-refractivity contribution in [2.75, 3.05) is 23.6 Å². The SMILES string of the molecule is O=C1CCCC(=O)N1CCS(=O)(=O)Nc1cnn(C[C@H]2COc3ccccc3O2)c1. The summed E-state index contributed by atoms with van der Waals surface area (Å²) in [6, 6.07) is 7.38. The first-order valence-corrected chi connectivity index (χ1v) is 11.3. The normalized spacial score (nSPS) is 19.1. The van der Waals surface area contributed by atoms with Crippen molar-refractivity contribution in [1.82, 2.24) is 14.7 Å². The van der Waals surface area contributed by atoms with Gasteiger partial charge in [-0.1, -0.05) is 12.1 Å². The Kier molecular flexibility index (Phi) is 5.62. The molecule has 0 saturated carbocycles. The number of aromatic nitrogens is 2. The largest absolute Gasteiger partial charge is 0.486 e. The molecule has 1 saturated heterocycles. The molecule has 1 N–H and O–H groups in total. The first kappa shape index (κ1) is 20.2. The number of hydrogen-bond acceptors (Lipinski definition) is 7. The summed E-state index contributed by atoms with van der Waals surface area (Å²) in [5.41, 5.74) is 0.295. The van der Waals surface area contributed by atoms with Gasteiger partial charge in [-0.2, -0.15) is 5.10 Å². The highest BCUT2D eigenvalue weighted by molar-refractivity contribution is 7.92. The summed E-state index contributed by atoms with van der Waals surface area (Å²) < 4.78 is 40.2. The summed E-state index contributed by atoms with van der Waals surface area (Å²) in [6.45, 7) is 0.580. The van der Waals surface area contributed by atoms with Gasteiger partial charge in [0.1, 0.15) is 6.61 Å². The summed E-state index contributed by atoms with van der Waals surface area (Å²) in [7, 11) is -3.75. The molecule has 1 atom stereocenters. The Morgan fingerprint density at radius 1 is 1.13 bits per heavy atom. The smallest absolute Gasteiger partial charge is 0.234 e. The average Bonchev–Trinajstić information content (AvgIpc) is 3.13. The van der Waals surface area contributed by atoms with Crippen LogP contribution in [0.3, 0.4) is 0 Å². The lowest BCUT2D eigenvalue weighted by atomic mass is 10.1. The first-order valence-electron chi connectivity index (χ1n) is 9.64. The van der Waals surface area contributed by atoms with Gasteiger partial charge in [0.25, 0.3) is 0 Å². The fourth-order valence-corrected chi connectivity index (χ4v) is 4.36. The molecular weight excluding hydrogens is 412 g/mol. The van der Waals surface area contributed by atoms with Gasteiger partial charge in [-0.05, 0) is 18.6 Å². The number of rotatable bonds is 7. The van der Waals surface area contributed by atoms with Crippen LogP contribution < -0.4 is 14.2 Å². The van der Waals surface area contributed by atoms with Crippen LogP contribution in [0.4, 0.5) is 5.69 Å². The Balaban J connectivity index is 1.31. The van der Waals surface area contributed by atoms with Crippen molar-refractivity contribution < 1.29 is 27.5 Å². The molecule has 30 heavy (non-hydrogen) atoms. The van der Waals surface area contributed by atoms with E-state index in [-0.39, 0.29) is 43.1 Å². The number of nitrogens with one attached hydrogen (secondary N) is 1. The van der Waals surface area contributed by atoms with Crippen LogP contribution in [0.15, 0.2) is 36.7 Å². The van der Waals surface area contributed by atoms with Gasteiger partial charge in [-0.3, -0.25) is 23.9 Å². The van der Waals surface area contributed by atoms with Crippen LogP contribution in [0, 0.1) is 0 Å². The van der Waals surface area contributed by atoms with E-state index in [2.05, 4.69) is 9.82 Å². The highest BCUT2D eigenvalue weighted by atomic mass is 32.2. The van der Waals surface area contributed by atoms with Crippen molar-refractivity contribution in [2.45, 2.75) is 31.9 Å². The van der Waals surface area contributed by atoms with Crippen molar-refractivity contribution in [3.63, 3.8) is 0 Å². The highest BCUT2D eigenvalue weighted by Gasteiger charge is 2.27. The van der Waals surface area contributed by atoms with Gasteiger partial charge < -0.3 is 9.47 Å². The average molecular weight is 434 g/mol. The number of benzene rings is 1. The summed E-state index contributed by atoms with van der Waals surface area (Å²) in [6.07, 6.45) is 3.73. The number of imide groups is 1. The van der Waals surface area contributed by atoms with Crippen molar-refractivity contribution in [3.8, 4) is 11.5 Å². The lowest BCUT2D eigenvalue weighted by Crippen LogP contribution is -2.43. The number of likely N-dealkylation sites (tertiary alicyclic amines) is 1. The Hall–Kier alpha value is -3.08. The molecule has 4 rings (SSSR count). The number of ether oxygens (including phenoxy) is 2. The van der Waals surface area contributed by atoms with E-state index in [1.165, 1.54) is 6.20 Å². The van der Waals surface area contributed by atoms with Gasteiger partial charge in [-0.25, -0.2) is 8.42 Å². The maximum atomic E-state index is 12.4. The Morgan fingerprint density at radius 3 is 2.63 bits per heavy atom. The highest BCUT2D eigenvalue weighted by Crippen LogP contribution is 2.31. The minimum atomic E-state index is -3.75. The standard InChI is InChI=1S/C19H22N4O6S/c24-18-6-3-7-19(25)23(18)8-9-30(26,27)21-14-10-20-22(11-14)12-15-13-28-16-4-1-2-5-17(16)29-15/h1-2,4-5,10-11,15,21H,3,6-9,12-13H2/t15-/m0/s1. The number of amides is 2. The van der Waals surface area contributed by atoms with E-state index >= 15 is 0 Å². The third-order valence-corrected chi connectivity index (χ3v) is 6.10. The predicted molar refractivity (Wildman–Crippen MR) is 107 cm³/mol. The van der Waals surface area contributed by atoms with Crippen LogP contribution in [0.2, 0.25) is 0 Å². The molecule has 1 aromatic carbocycles. The molecule has 2 aliphatic rings. The molecule has 0 spiro atoms. The van der Waals surface area contributed by atoms with E-state index in [0.29, 0.717) is 36.8 Å². The van der Waals surface area contributed by atoms with Crippen molar-refractivity contribution in [3.05, 3.63) is 36.7 Å². The topological polar surface area (TPSA) is 120 Å². The van der Waals surface area contributed by atoms with Gasteiger partial charge in [0.05, 0.1) is 24.2 Å². The van der Waals surface area contributed by atoms with Crippen LogP contribution >= 0.6 is 0 Å². The molecule has 3 heterocycles. The number of fused-ring (bicyclic) bond motifs is 1. The fraction of sp³-hybridized carbons (Fsp3) is 0.421. The zero-order valence-electron chi connectivity index (χ0n) is 16.2. The molecule has 1 fully saturated rings. The lowest BCUT2D eigenvalue weighted by molar-refractivity contribution is -0.147. The van der Waals surface area contributed by atoms with Gasteiger partial charge in [0.2, 0.25) is 21.8 Å². The van der Waals surface area contributed by atoms with E-state index in [4.69, 9.17) is 9.47 Å². The maximum absolute atomic E-state index is 12.4. The van der Waals surface area contributed by atoms with E-state index in [9.17, 15) is 18.0 Å². The maximum Gasteiger partial charge on any atom is 0.234 e. The van der Waals surface area contributed by atoms with Crippen LogP contribution in [0.5, 0.6) is 11.5 Å². The summed E-state index contributed by atoms with van der Waals surface area (Å²) in [5, 5.41) is 4.16. The molecular formula is C19H22N4O6S. The Morgan fingerprint density at radius 2 is 1.87 bits per heavy atom. The number of piperidine rings is 1. The third kappa shape index (κ3) is 4.73. The number of hydrogen-bond donors (Lipinski definition) is 1. The number of sulfonamides is 1. The minimum Gasteiger partial charge on any atom is -0.486 e. The van der Waals surface area contributed by atoms with Crippen LogP contribution in [-0.2, 0) is 26.2 Å². The Bertz CT molecular complexity index is 1030. The molecule has 2 amide bonds. The van der Waals surface area contributed by atoms with E-state index in [1.54, 1.807) is 10.9 Å². The second kappa shape index (κ2) is 8.34. The quantitative estimate of drug-likeness (QED) is 0.646. The molecule has 0 unspecified atom stereocenters. The molecule has 160 valence electrons. The molecule has 0 bridgehead atoms. The van der Waals surface area contributed by atoms with E-state index in [0.717, 1.165) is 4.90 Å². The van der Waals surface area contributed by atoms with E-state index < -0.39 is 10.0 Å². The Labute approximate surface area is 173 Å². The number of para-hydroxylation sites is 2. The van der Waals surface area contributed by atoms with Crippen LogP contribution in [-0.4, -0.2) is 59.9 Å².